The van der Waals surface area contributed by atoms with E-state index in [1.54, 1.807) is 29.2 Å². The second-order valence-electron chi connectivity index (χ2n) is 8.09. The fourth-order valence-electron chi connectivity index (χ4n) is 3.95. The van der Waals surface area contributed by atoms with Crippen molar-refractivity contribution in [3.05, 3.63) is 88.5 Å². The van der Waals surface area contributed by atoms with E-state index in [-0.39, 0.29) is 22.9 Å². The molecule has 9 nitrogen and oxygen atoms in total. The number of nitro groups is 1. The molecule has 0 aromatic heterocycles. The number of benzene rings is 3. The van der Waals surface area contributed by atoms with Crippen LogP contribution < -0.4 is 15.0 Å². The summed E-state index contributed by atoms with van der Waals surface area (Å²) >= 11 is 1.11. The fourth-order valence-corrected chi connectivity index (χ4v) is 4.86. The second kappa shape index (κ2) is 11.6. The highest BCUT2D eigenvalue weighted by Crippen LogP contribution is 2.31. The number of hydrogen-bond acceptors (Lipinski definition) is 7. The van der Waals surface area contributed by atoms with Crippen molar-refractivity contribution in [3.63, 3.8) is 0 Å². The molecule has 3 aromatic carbocycles. The number of piperazine rings is 1. The molecule has 2 amide bonds. The molecular weight excluding hydrogens is 480 g/mol. The number of nitro benzene ring substituents is 1. The molecule has 0 spiro atoms. The van der Waals surface area contributed by atoms with Crippen molar-refractivity contribution in [2.24, 2.45) is 0 Å². The minimum Gasteiger partial charge on any atom is -0.495 e. The van der Waals surface area contributed by atoms with Gasteiger partial charge in [0.05, 0.1) is 28.4 Å². The molecule has 36 heavy (non-hydrogen) atoms. The van der Waals surface area contributed by atoms with Crippen molar-refractivity contribution in [2.75, 3.05) is 49.3 Å². The summed E-state index contributed by atoms with van der Waals surface area (Å²) in [5, 5.41) is 14.4. The Balaban J connectivity index is 1.37. The maximum atomic E-state index is 12.8. The van der Waals surface area contributed by atoms with E-state index in [1.807, 2.05) is 30.3 Å². The van der Waals surface area contributed by atoms with E-state index in [0.717, 1.165) is 30.5 Å². The number of ether oxygens (including phenoxy) is 1. The van der Waals surface area contributed by atoms with Gasteiger partial charge in [-0.2, -0.15) is 0 Å². The zero-order valence-corrected chi connectivity index (χ0v) is 20.6. The number of para-hydroxylation sites is 3. The van der Waals surface area contributed by atoms with E-state index in [2.05, 4.69) is 10.2 Å². The lowest BCUT2D eigenvalue weighted by Gasteiger charge is -2.36. The van der Waals surface area contributed by atoms with Crippen LogP contribution in [0.25, 0.3) is 0 Å². The van der Waals surface area contributed by atoms with Crippen LogP contribution in [-0.4, -0.2) is 60.7 Å². The molecule has 10 heteroatoms. The van der Waals surface area contributed by atoms with Crippen LogP contribution in [0.5, 0.6) is 5.75 Å². The molecule has 1 heterocycles. The summed E-state index contributed by atoms with van der Waals surface area (Å²) in [5.74, 6) is 0.000938. The van der Waals surface area contributed by atoms with Crippen LogP contribution in [0.4, 0.5) is 17.1 Å². The highest BCUT2D eigenvalue weighted by atomic mass is 32.2. The SMILES string of the molecule is COc1ccccc1NC(=O)c1ccc(SCC(=O)N2CCN(c3ccccc3)CC2)c([N+](=O)[O-])c1. The van der Waals surface area contributed by atoms with Crippen LogP contribution in [0, 0.1) is 10.1 Å². The number of nitrogens with one attached hydrogen (secondary N) is 1. The van der Waals surface area contributed by atoms with Gasteiger partial charge in [-0.05, 0) is 36.4 Å². The van der Waals surface area contributed by atoms with Crippen molar-refractivity contribution in [2.45, 2.75) is 4.90 Å². The average molecular weight is 507 g/mol. The molecule has 0 aliphatic carbocycles. The first kappa shape index (κ1) is 25.1. The van der Waals surface area contributed by atoms with Crippen molar-refractivity contribution >= 4 is 40.6 Å². The van der Waals surface area contributed by atoms with Crippen LogP contribution in [0.1, 0.15) is 10.4 Å². The van der Waals surface area contributed by atoms with Gasteiger partial charge in [-0.25, -0.2) is 0 Å². The Kier molecular flexibility index (Phi) is 8.06. The van der Waals surface area contributed by atoms with E-state index >= 15 is 0 Å². The minimum absolute atomic E-state index is 0.0694. The van der Waals surface area contributed by atoms with Crippen molar-refractivity contribution in [1.82, 2.24) is 4.90 Å². The van der Waals surface area contributed by atoms with E-state index in [0.29, 0.717) is 29.4 Å². The normalized spacial score (nSPS) is 13.2. The van der Waals surface area contributed by atoms with Gasteiger partial charge in [0, 0.05) is 43.5 Å². The number of carbonyl (C=O) groups is 2. The van der Waals surface area contributed by atoms with E-state index < -0.39 is 10.8 Å². The molecule has 186 valence electrons. The average Bonchev–Trinajstić information content (AvgIpc) is 2.92. The number of carbonyl (C=O) groups excluding carboxylic acids is 2. The van der Waals surface area contributed by atoms with E-state index in [1.165, 1.54) is 25.3 Å². The number of rotatable bonds is 8. The number of thioether (sulfide) groups is 1. The first-order valence-electron chi connectivity index (χ1n) is 11.4. The van der Waals surface area contributed by atoms with Crippen LogP contribution in [0.3, 0.4) is 0 Å². The highest BCUT2D eigenvalue weighted by molar-refractivity contribution is 8.00. The first-order valence-corrected chi connectivity index (χ1v) is 12.4. The maximum absolute atomic E-state index is 12.8. The van der Waals surface area contributed by atoms with Crippen LogP contribution in [-0.2, 0) is 4.79 Å². The molecule has 1 aliphatic heterocycles. The third-order valence-electron chi connectivity index (χ3n) is 5.88. The molecule has 0 bridgehead atoms. The topological polar surface area (TPSA) is 105 Å². The molecule has 0 atom stereocenters. The zero-order chi connectivity index (χ0) is 25.5. The highest BCUT2D eigenvalue weighted by Gasteiger charge is 2.24. The summed E-state index contributed by atoms with van der Waals surface area (Å²) in [4.78, 5) is 41.0. The Labute approximate surface area is 213 Å². The van der Waals surface area contributed by atoms with Crippen LogP contribution >= 0.6 is 11.8 Å². The Hall–Kier alpha value is -4.05. The quantitative estimate of drug-likeness (QED) is 0.276. The molecule has 3 aromatic rings. The summed E-state index contributed by atoms with van der Waals surface area (Å²) in [6.45, 7) is 2.66. The lowest BCUT2D eigenvalue weighted by atomic mass is 10.2. The number of methoxy groups -OCH3 is 1. The Morgan fingerprint density at radius 1 is 1.00 bits per heavy atom. The van der Waals surface area contributed by atoms with Gasteiger partial charge in [-0.1, -0.05) is 30.3 Å². The number of anilines is 2. The standard InChI is InChI=1S/C26H26N4O5S/c1-35-23-10-6-5-9-21(23)27-26(32)19-11-12-24(22(17-19)30(33)34)36-18-25(31)29-15-13-28(14-16-29)20-7-3-2-4-8-20/h2-12,17H,13-16,18H2,1H3,(H,27,32). The van der Waals surface area contributed by atoms with Gasteiger partial charge in [-0.3, -0.25) is 19.7 Å². The predicted molar refractivity (Wildman–Crippen MR) is 140 cm³/mol. The Morgan fingerprint density at radius 2 is 1.69 bits per heavy atom. The second-order valence-corrected chi connectivity index (χ2v) is 9.10. The summed E-state index contributed by atoms with van der Waals surface area (Å²) in [6, 6.07) is 21.2. The summed E-state index contributed by atoms with van der Waals surface area (Å²) in [6.07, 6.45) is 0. The molecule has 0 unspecified atom stereocenters. The zero-order valence-electron chi connectivity index (χ0n) is 19.8. The monoisotopic (exact) mass is 506 g/mol. The molecule has 4 rings (SSSR count). The molecule has 1 fully saturated rings. The molecule has 1 saturated heterocycles. The molecule has 1 aliphatic rings. The summed E-state index contributed by atoms with van der Waals surface area (Å²) in [7, 11) is 1.49. The third kappa shape index (κ3) is 5.95. The van der Waals surface area contributed by atoms with Gasteiger partial charge in [-0.15, -0.1) is 11.8 Å². The van der Waals surface area contributed by atoms with E-state index in [4.69, 9.17) is 4.74 Å². The lowest BCUT2D eigenvalue weighted by molar-refractivity contribution is -0.387. The van der Waals surface area contributed by atoms with E-state index in [9.17, 15) is 19.7 Å². The lowest BCUT2D eigenvalue weighted by Crippen LogP contribution is -2.49. The molecule has 0 saturated carbocycles. The predicted octanol–water partition coefficient (Wildman–Crippen LogP) is 4.30. The van der Waals surface area contributed by atoms with Gasteiger partial charge < -0.3 is 19.9 Å². The smallest absolute Gasteiger partial charge is 0.283 e. The Bertz CT molecular complexity index is 1250. The number of nitrogens with zero attached hydrogens (tertiary/aromatic N) is 3. The largest absolute Gasteiger partial charge is 0.495 e. The fraction of sp³-hybridized carbons (Fsp3) is 0.231. The van der Waals surface area contributed by atoms with Gasteiger partial charge >= 0.3 is 0 Å². The van der Waals surface area contributed by atoms with Crippen molar-refractivity contribution in [3.8, 4) is 5.75 Å². The van der Waals surface area contributed by atoms with Gasteiger partial charge in [0.2, 0.25) is 5.91 Å². The first-order chi connectivity index (χ1) is 17.5. The molecule has 1 N–H and O–H groups in total. The molecular formula is C26H26N4O5S. The van der Waals surface area contributed by atoms with Gasteiger partial charge in [0.25, 0.3) is 11.6 Å². The summed E-state index contributed by atoms with van der Waals surface area (Å²) in [5.41, 5.74) is 1.52. The Morgan fingerprint density at radius 3 is 2.39 bits per heavy atom. The van der Waals surface area contributed by atoms with Crippen LogP contribution in [0.15, 0.2) is 77.7 Å². The third-order valence-corrected chi connectivity index (χ3v) is 6.93. The van der Waals surface area contributed by atoms with Crippen molar-refractivity contribution in [1.29, 1.82) is 0 Å². The number of hydrogen-bond donors (Lipinski definition) is 1. The van der Waals surface area contributed by atoms with Gasteiger partial charge in [0.15, 0.2) is 0 Å². The van der Waals surface area contributed by atoms with Gasteiger partial charge in [0.1, 0.15) is 5.75 Å². The number of amides is 2. The molecule has 0 radical (unpaired) electrons. The maximum Gasteiger partial charge on any atom is 0.283 e. The summed E-state index contributed by atoms with van der Waals surface area (Å²) < 4.78 is 5.23. The van der Waals surface area contributed by atoms with Crippen LogP contribution in [0.2, 0.25) is 0 Å². The minimum atomic E-state index is -0.536. The van der Waals surface area contributed by atoms with Crippen molar-refractivity contribution < 1.29 is 19.2 Å².